The lowest BCUT2D eigenvalue weighted by Crippen LogP contribution is -2.10. The second-order valence-electron chi connectivity index (χ2n) is 5.69. The lowest BCUT2D eigenvalue weighted by atomic mass is 9.87. The average Bonchev–Trinajstić information content (AvgIpc) is 2.37. The van der Waals surface area contributed by atoms with Gasteiger partial charge in [-0.25, -0.2) is 0 Å². The van der Waals surface area contributed by atoms with Crippen LogP contribution in [-0.2, 0) is 12.0 Å². The van der Waals surface area contributed by atoms with E-state index in [0.717, 1.165) is 5.75 Å². The van der Waals surface area contributed by atoms with Crippen molar-refractivity contribution in [1.29, 1.82) is 0 Å². The maximum absolute atomic E-state index is 5.87. The molecule has 0 aliphatic rings. The fourth-order valence-corrected chi connectivity index (χ4v) is 2.16. The van der Waals surface area contributed by atoms with Crippen LogP contribution < -0.4 is 4.74 Å². The summed E-state index contributed by atoms with van der Waals surface area (Å²) in [6.45, 7) is 7.26. The SMILES string of the molecule is CC(C)(C)c1cccc(OCc2ccc(I)cc2)c1. The van der Waals surface area contributed by atoms with E-state index in [0.29, 0.717) is 6.61 Å². The molecule has 2 aromatic rings. The van der Waals surface area contributed by atoms with E-state index in [2.05, 4.69) is 85.8 Å². The smallest absolute Gasteiger partial charge is 0.120 e. The Bertz CT molecular complexity index is 538. The predicted molar refractivity (Wildman–Crippen MR) is 88.6 cm³/mol. The summed E-state index contributed by atoms with van der Waals surface area (Å²) in [7, 11) is 0. The van der Waals surface area contributed by atoms with E-state index in [4.69, 9.17) is 4.74 Å². The van der Waals surface area contributed by atoms with Crippen molar-refractivity contribution in [2.75, 3.05) is 0 Å². The molecule has 100 valence electrons. The first-order chi connectivity index (χ1) is 8.95. The molecule has 0 fully saturated rings. The van der Waals surface area contributed by atoms with Crippen LogP contribution in [-0.4, -0.2) is 0 Å². The molecule has 0 radical (unpaired) electrons. The second kappa shape index (κ2) is 5.95. The van der Waals surface area contributed by atoms with Crippen molar-refractivity contribution in [2.24, 2.45) is 0 Å². The molecule has 0 heterocycles. The van der Waals surface area contributed by atoms with Crippen molar-refractivity contribution in [2.45, 2.75) is 32.8 Å². The van der Waals surface area contributed by atoms with Crippen LogP contribution in [0.15, 0.2) is 48.5 Å². The van der Waals surface area contributed by atoms with Crippen molar-refractivity contribution in [1.82, 2.24) is 0 Å². The number of ether oxygens (including phenoxy) is 1. The molecular weight excluding hydrogens is 347 g/mol. The van der Waals surface area contributed by atoms with Crippen molar-refractivity contribution in [3.63, 3.8) is 0 Å². The molecule has 0 aliphatic carbocycles. The van der Waals surface area contributed by atoms with Crippen molar-refractivity contribution < 1.29 is 4.74 Å². The van der Waals surface area contributed by atoms with Crippen molar-refractivity contribution in [3.8, 4) is 5.75 Å². The minimum Gasteiger partial charge on any atom is -0.489 e. The Balaban J connectivity index is 2.05. The van der Waals surface area contributed by atoms with E-state index in [-0.39, 0.29) is 5.41 Å². The largest absolute Gasteiger partial charge is 0.489 e. The highest BCUT2D eigenvalue weighted by Gasteiger charge is 2.13. The second-order valence-corrected chi connectivity index (χ2v) is 6.94. The molecular formula is C17H19IO. The molecule has 0 saturated carbocycles. The highest BCUT2D eigenvalue weighted by Crippen LogP contribution is 2.26. The Kier molecular flexibility index (Phi) is 4.50. The van der Waals surface area contributed by atoms with Gasteiger partial charge in [-0.3, -0.25) is 0 Å². The number of hydrogen-bond acceptors (Lipinski definition) is 1. The molecule has 2 rings (SSSR count). The number of halogens is 1. The third-order valence-electron chi connectivity index (χ3n) is 3.02. The Morgan fingerprint density at radius 2 is 1.68 bits per heavy atom. The number of rotatable bonds is 3. The summed E-state index contributed by atoms with van der Waals surface area (Å²) >= 11 is 2.31. The lowest BCUT2D eigenvalue weighted by molar-refractivity contribution is 0.305. The zero-order valence-corrected chi connectivity index (χ0v) is 13.8. The van der Waals surface area contributed by atoms with Gasteiger partial charge in [-0.15, -0.1) is 0 Å². The fraction of sp³-hybridized carbons (Fsp3) is 0.294. The predicted octanol–water partition coefficient (Wildman–Crippen LogP) is 5.17. The monoisotopic (exact) mass is 366 g/mol. The van der Waals surface area contributed by atoms with Crippen LogP contribution in [0.4, 0.5) is 0 Å². The first-order valence-electron chi connectivity index (χ1n) is 6.43. The Labute approximate surface area is 129 Å². The van der Waals surface area contributed by atoms with Gasteiger partial charge in [0.05, 0.1) is 0 Å². The van der Waals surface area contributed by atoms with Gasteiger partial charge < -0.3 is 4.74 Å². The van der Waals surface area contributed by atoms with Crippen molar-refractivity contribution >= 4 is 22.6 Å². The molecule has 2 heteroatoms. The third kappa shape index (κ3) is 4.23. The molecule has 0 spiro atoms. The minimum atomic E-state index is 0.155. The molecule has 0 aromatic heterocycles. The zero-order valence-electron chi connectivity index (χ0n) is 11.6. The summed E-state index contributed by atoms with van der Waals surface area (Å²) in [5.74, 6) is 0.936. The van der Waals surface area contributed by atoms with E-state index in [9.17, 15) is 0 Å². The van der Waals surface area contributed by atoms with Gasteiger partial charge in [0.1, 0.15) is 12.4 Å². The average molecular weight is 366 g/mol. The maximum Gasteiger partial charge on any atom is 0.120 e. The summed E-state index contributed by atoms with van der Waals surface area (Å²) in [4.78, 5) is 0. The normalized spacial score (nSPS) is 11.4. The van der Waals surface area contributed by atoms with Gasteiger partial charge in [-0.05, 0) is 63.4 Å². The van der Waals surface area contributed by atoms with Crippen LogP contribution in [0.3, 0.4) is 0 Å². The zero-order chi connectivity index (χ0) is 13.9. The maximum atomic E-state index is 5.87. The molecule has 0 bridgehead atoms. The summed E-state index contributed by atoms with van der Waals surface area (Å²) in [6, 6.07) is 16.8. The molecule has 0 amide bonds. The van der Waals surface area contributed by atoms with Gasteiger partial charge >= 0.3 is 0 Å². The van der Waals surface area contributed by atoms with E-state index in [1.54, 1.807) is 0 Å². The van der Waals surface area contributed by atoms with Crippen LogP contribution >= 0.6 is 22.6 Å². The summed E-state index contributed by atoms with van der Waals surface area (Å²) in [5.41, 5.74) is 2.65. The highest BCUT2D eigenvalue weighted by atomic mass is 127. The first kappa shape index (κ1) is 14.4. The van der Waals surface area contributed by atoms with Crippen LogP contribution in [0.2, 0.25) is 0 Å². The fourth-order valence-electron chi connectivity index (χ4n) is 1.80. The van der Waals surface area contributed by atoms with Gasteiger partial charge in [0.2, 0.25) is 0 Å². The topological polar surface area (TPSA) is 9.23 Å². The lowest BCUT2D eigenvalue weighted by Gasteiger charge is -2.19. The van der Waals surface area contributed by atoms with Gasteiger partial charge in [-0.1, -0.05) is 45.0 Å². The summed E-state index contributed by atoms with van der Waals surface area (Å²) in [6.07, 6.45) is 0. The molecule has 0 atom stereocenters. The van der Waals surface area contributed by atoms with E-state index < -0.39 is 0 Å². The third-order valence-corrected chi connectivity index (χ3v) is 3.74. The van der Waals surface area contributed by atoms with Gasteiger partial charge in [-0.2, -0.15) is 0 Å². The van der Waals surface area contributed by atoms with E-state index in [1.165, 1.54) is 14.7 Å². The Morgan fingerprint density at radius 3 is 2.32 bits per heavy atom. The minimum absolute atomic E-state index is 0.155. The van der Waals surface area contributed by atoms with Crippen LogP contribution in [0.5, 0.6) is 5.75 Å². The van der Waals surface area contributed by atoms with Crippen molar-refractivity contribution in [3.05, 3.63) is 63.2 Å². The van der Waals surface area contributed by atoms with Crippen LogP contribution in [0.25, 0.3) is 0 Å². The highest BCUT2D eigenvalue weighted by molar-refractivity contribution is 14.1. The quantitative estimate of drug-likeness (QED) is 0.682. The van der Waals surface area contributed by atoms with Crippen LogP contribution in [0.1, 0.15) is 31.9 Å². The molecule has 0 aliphatic heterocycles. The van der Waals surface area contributed by atoms with E-state index in [1.807, 2.05) is 6.07 Å². The van der Waals surface area contributed by atoms with E-state index >= 15 is 0 Å². The summed E-state index contributed by atoms with van der Waals surface area (Å²) in [5, 5.41) is 0. The molecule has 0 N–H and O–H groups in total. The molecule has 0 unspecified atom stereocenters. The van der Waals surface area contributed by atoms with Crippen LogP contribution in [0, 0.1) is 3.57 Å². The van der Waals surface area contributed by atoms with Gasteiger partial charge in [0, 0.05) is 3.57 Å². The first-order valence-corrected chi connectivity index (χ1v) is 7.51. The number of benzene rings is 2. The molecule has 19 heavy (non-hydrogen) atoms. The van der Waals surface area contributed by atoms with Gasteiger partial charge in [0.25, 0.3) is 0 Å². The standard InChI is InChI=1S/C17H19IO/c1-17(2,3)14-5-4-6-16(11-14)19-12-13-7-9-15(18)10-8-13/h4-11H,12H2,1-3H3. The molecule has 1 nitrogen and oxygen atoms in total. The van der Waals surface area contributed by atoms with Gasteiger partial charge in [0.15, 0.2) is 0 Å². The number of hydrogen-bond donors (Lipinski definition) is 0. The molecule has 2 aromatic carbocycles. The Hall–Kier alpha value is -1.03. The Morgan fingerprint density at radius 1 is 1.00 bits per heavy atom. The summed E-state index contributed by atoms with van der Waals surface area (Å²) < 4.78 is 7.11. The molecule has 0 saturated heterocycles.